The lowest BCUT2D eigenvalue weighted by Crippen LogP contribution is -2.17. The second kappa shape index (κ2) is 6.26. The van der Waals surface area contributed by atoms with Crippen LogP contribution in [-0.2, 0) is 0 Å². The van der Waals surface area contributed by atoms with E-state index in [9.17, 15) is 0 Å². The summed E-state index contributed by atoms with van der Waals surface area (Å²) in [5.41, 5.74) is 3.57. The highest BCUT2D eigenvalue weighted by molar-refractivity contribution is 5.33. The van der Waals surface area contributed by atoms with Crippen molar-refractivity contribution in [3.63, 3.8) is 0 Å². The van der Waals surface area contributed by atoms with Crippen LogP contribution < -0.4 is 5.32 Å². The van der Waals surface area contributed by atoms with E-state index >= 15 is 0 Å². The smallest absolute Gasteiger partial charge is 0.223 e. The van der Waals surface area contributed by atoms with Gasteiger partial charge in [0.25, 0.3) is 0 Å². The van der Waals surface area contributed by atoms with Gasteiger partial charge in [-0.05, 0) is 62.3 Å². The molecule has 23 heavy (non-hydrogen) atoms. The molecule has 0 aromatic carbocycles. The monoisotopic (exact) mass is 308 g/mol. The third-order valence-corrected chi connectivity index (χ3v) is 5.08. The molecule has 0 bridgehead atoms. The quantitative estimate of drug-likeness (QED) is 0.889. The Labute approximate surface area is 137 Å². The summed E-state index contributed by atoms with van der Waals surface area (Å²) in [5.74, 6) is 2.03. The Morgan fingerprint density at radius 1 is 1.04 bits per heavy atom. The Hall–Kier alpha value is -1.97. The Morgan fingerprint density at radius 2 is 1.83 bits per heavy atom. The average Bonchev–Trinajstić information content (AvgIpc) is 3.26. The third kappa shape index (κ3) is 3.36. The lowest BCUT2D eigenvalue weighted by Gasteiger charge is -2.19. The van der Waals surface area contributed by atoms with Crippen LogP contribution in [0.3, 0.4) is 0 Å². The first-order valence-electron chi connectivity index (χ1n) is 8.81. The average molecular weight is 308 g/mol. The molecule has 2 saturated carbocycles. The van der Waals surface area contributed by atoms with Crippen molar-refractivity contribution >= 4 is 5.95 Å². The number of hydrogen-bond acceptors (Lipinski definition) is 4. The van der Waals surface area contributed by atoms with Crippen LogP contribution in [0.1, 0.15) is 67.4 Å². The van der Waals surface area contributed by atoms with E-state index in [4.69, 9.17) is 4.98 Å². The molecule has 1 unspecified atom stereocenters. The number of pyridine rings is 1. The number of nitrogens with one attached hydrogen (secondary N) is 1. The van der Waals surface area contributed by atoms with E-state index in [2.05, 4.69) is 34.3 Å². The van der Waals surface area contributed by atoms with E-state index in [1.54, 1.807) is 0 Å². The molecule has 1 atom stereocenters. The molecule has 2 heterocycles. The van der Waals surface area contributed by atoms with E-state index in [-0.39, 0.29) is 6.04 Å². The summed E-state index contributed by atoms with van der Waals surface area (Å²) in [4.78, 5) is 13.8. The number of aromatic nitrogens is 3. The Bertz CT molecular complexity index is 675. The summed E-state index contributed by atoms with van der Waals surface area (Å²) in [6.45, 7) is 2.12. The molecule has 0 amide bonds. The molecule has 2 aliphatic rings. The summed E-state index contributed by atoms with van der Waals surface area (Å²) < 4.78 is 0. The first kappa shape index (κ1) is 14.6. The Balaban J connectivity index is 1.56. The van der Waals surface area contributed by atoms with E-state index in [0.29, 0.717) is 11.8 Å². The fourth-order valence-corrected chi connectivity index (χ4v) is 3.62. The number of hydrogen-bond donors (Lipinski definition) is 1. The molecule has 2 aromatic rings. The molecular formula is C19H24N4. The second-order valence-corrected chi connectivity index (χ2v) is 7.00. The van der Waals surface area contributed by atoms with E-state index in [1.165, 1.54) is 49.8 Å². The van der Waals surface area contributed by atoms with Crippen molar-refractivity contribution in [3.05, 3.63) is 47.5 Å². The van der Waals surface area contributed by atoms with Gasteiger partial charge in [-0.15, -0.1) is 0 Å². The van der Waals surface area contributed by atoms with Crippen LogP contribution in [0.5, 0.6) is 0 Å². The fraction of sp³-hybridized carbons (Fsp3) is 0.526. The zero-order chi connectivity index (χ0) is 15.6. The van der Waals surface area contributed by atoms with Crippen molar-refractivity contribution in [1.82, 2.24) is 15.0 Å². The molecule has 4 rings (SSSR count). The molecule has 0 radical (unpaired) electrons. The van der Waals surface area contributed by atoms with Crippen molar-refractivity contribution in [2.24, 2.45) is 5.92 Å². The van der Waals surface area contributed by atoms with Gasteiger partial charge in [-0.1, -0.05) is 12.8 Å². The van der Waals surface area contributed by atoms with Gasteiger partial charge in [-0.3, -0.25) is 4.98 Å². The summed E-state index contributed by atoms with van der Waals surface area (Å²) in [5, 5.41) is 3.56. The lowest BCUT2D eigenvalue weighted by atomic mass is 10.0. The molecule has 120 valence electrons. The minimum atomic E-state index is 0.230. The molecule has 0 spiro atoms. The molecule has 2 fully saturated rings. The van der Waals surface area contributed by atoms with Gasteiger partial charge < -0.3 is 5.32 Å². The summed E-state index contributed by atoms with van der Waals surface area (Å²) in [6, 6.07) is 6.54. The SMILES string of the molecule is Cc1ccnc(C(Nc2nccc(C3CCCC3)n2)C2CC2)c1. The second-order valence-electron chi connectivity index (χ2n) is 7.00. The van der Waals surface area contributed by atoms with Gasteiger partial charge in [0.1, 0.15) is 0 Å². The molecular weight excluding hydrogens is 284 g/mol. The van der Waals surface area contributed by atoms with E-state index < -0.39 is 0 Å². The number of rotatable bonds is 5. The predicted octanol–water partition coefficient (Wildman–Crippen LogP) is 4.40. The van der Waals surface area contributed by atoms with Crippen LogP contribution in [0, 0.1) is 12.8 Å². The van der Waals surface area contributed by atoms with Gasteiger partial charge in [0.15, 0.2) is 0 Å². The maximum absolute atomic E-state index is 4.80. The zero-order valence-electron chi connectivity index (χ0n) is 13.7. The molecule has 0 saturated heterocycles. The molecule has 4 heteroatoms. The first-order valence-corrected chi connectivity index (χ1v) is 8.81. The minimum absolute atomic E-state index is 0.230. The Kier molecular flexibility index (Phi) is 3.98. The van der Waals surface area contributed by atoms with Crippen molar-refractivity contribution in [2.75, 3.05) is 5.32 Å². The van der Waals surface area contributed by atoms with Crippen molar-refractivity contribution in [3.8, 4) is 0 Å². The number of nitrogens with zero attached hydrogens (tertiary/aromatic N) is 3. The maximum Gasteiger partial charge on any atom is 0.223 e. The van der Waals surface area contributed by atoms with Gasteiger partial charge in [0, 0.05) is 24.0 Å². The lowest BCUT2D eigenvalue weighted by molar-refractivity contribution is 0.644. The van der Waals surface area contributed by atoms with Gasteiger partial charge in [-0.25, -0.2) is 9.97 Å². The van der Waals surface area contributed by atoms with Gasteiger partial charge in [0.2, 0.25) is 5.95 Å². The maximum atomic E-state index is 4.80. The molecule has 2 aromatic heterocycles. The minimum Gasteiger partial charge on any atom is -0.346 e. The Morgan fingerprint density at radius 3 is 2.57 bits per heavy atom. The van der Waals surface area contributed by atoms with Crippen LogP contribution in [0.4, 0.5) is 5.95 Å². The van der Waals surface area contributed by atoms with Gasteiger partial charge >= 0.3 is 0 Å². The highest BCUT2D eigenvalue weighted by Crippen LogP contribution is 2.42. The normalized spacial score (nSPS) is 19.7. The fourth-order valence-electron chi connectivity index (χ4n) is 3.62. The zero-order valence-corrected chi connectivity index (χ0v) is 13.7. The standard InChI is InChI=1S/C19H24N4/c1-13-8-10-20-17(12-13)18(15-6-7-15)23-19-21-11-9-16(22-19)14-4-2-3-5-14/h8-12,14-15,18H,2-7H2,1H3,(H,21,22,23). The molecule has 1 N–H and O–H groups in total. The van der Waals surface area contributed by atoms with Crippen LogP contribution in [-0.4, -0.2) is 15.0 Å². The summed E-state index contributed by atoms with van der Waals surface area (Å²) >= 11 is 0. The summed E-state index contributed by atoms with van der Waals surface area (Å²) in [7, 11) is 0. The number of anilines is 1. The van der Waals surface area contributed by atoms with Crippen molar-refractivity contribution in [2.45, 2.75) is 57.4 Å². The van der Waals surface area contributed by atoms with Gasteiger partial charge in [-0.2, -0.15) is 0 Å². The number of aryl methyl sites for hydroxylation is 1. The molecule has 0 aliphatic heterocycles. The van der Waals surface area contributed by atoms with Crippen molar-refractivity contribution in [1.29, 1.82) is 0 Å². The molecule has 4 nitrogen and oxygen atoms in total. The van der Waals surface area contributed by atoms with Crippen LogP contribution in [0.2, 0.25) is 0 Å². The van der Waals surface area contributed by atoms with Crippen LogP contribution in [0.15, 0.2) is 30.6 Å². The first-order chi connectivity index (χ1) is 11.3. The van der Waals surface area contributed by atoms with E-state index in [1.807, 2.05) is 18.5 Å². The summed E-state index contributed by atoms with van der Waals surface area (Å²) in [6.07, 6.45) is 11.5. The molecule has 2 aliphatic carbocycles. The highest BCUT2D eigenvalue weighted by atomic mass is 15.1. The van der Waals surface area contributed by atoms with E-state index in [0.717, 1.165) is 11.6 Å². The topological polar surface area (TPSA) is 50.7 Å². The predicted molar refractivity (Wildman–Crippen MR) is 91.3 cm³/mol. The van der Waals surface area contributed by atoms with Crippen LogP contribution in [0.25, 0.3) is 0 Å². The highest BCUT2D eigenvalue weighted by Gasteiger charge is 2.34. The van der Waals surface area contributed by atoms with Crippen molar-refractivity contribution < 1.29 is 0 Å². The van der Waals surface area contributed by atoms with Gasteiger partial charge in [0.05, 0.1) is 11.7 Å². The largest absolute Gasteiger partial charge is 0.346 e. The van der Waals surface area contributed by atoms with Crippen LogP contribution >= 0.6 is 0 Å². The third-order valence-electron chi connectivity index (χ3n) is 5.08.